The molecular weight excluding hydrogens is 316 g/mol. The summed E-state index contributed by atoms with van der Waals surface area (Å²) in [6, 6.07) is 5.73. The van der Waals surface area contributed by atoms with Crippen molar-refractivity contribution in [3.8, 4) is 5.69 Å². The summed E-state index contributed by atoms with van der Waals surface area (Å²) in [4.78, 5) is 13.0. The quantitative estimate of drug-likeness (QED) is 0.680. The van der Waals surface area contributed by atoms with Crippen LogP contribution < -0.4 is 0 Å². The van der Waals surface area contributed by atoms with Crippen LogP contribution in [0.15, 0.2) is 41.3 Å². The van der Waals surface area contributed by atoms with Gasteiger partial charge in [-0.2, -0.15) is 0 Å². The number of fused-ring (bicyclic) bond motifs is 1. The number of halogens is 2. The lowest BCUT2D eigenvalue weighted by molar-refractivity contribution is 0.959. The van der Waals surface area contributed by atoms with Crippen molar-refractivity contribution in [3.63, 3.8) is 0 Å². The fraction of sp³-hybridized carbons (Fsp3) is 0.0833. The van der Waals surface area contributed by atoms with Gasteiger partial charge in [-0.05, 0) is 34.1 Å². The van der Waals surface area contributed by atoms with Crippen molar-refractivity contribution in [2.45, 2.75) is 5.88 Å². The number of nitrogens with zero attached hydrogens (tertiary/aromatic N) is 4. The number of rotatable bonds is 2. The molecule has 0 fully saturated rings. The molecule has 0 aliphatic heterocycles. The van der Waals surface area contributed by atoms with Gasteiger partial charge in [0.15, 0.2) is 5.65 Å². The Morgan fingerprint density at radius 2 is 2.22 bits per heavy atom. The highest BCUT2D eigenvalue weighted by molar-refractivity contribution is 9.10. The zero-order chi connectivity index (χ0) is 12.5. The van der Waals surface area contributed by atoms with Crippen molar-refractivity contribution in [1.29, 1.82) is 0 Å². The highest BCUT2D eigenvalue weighted by atomic mass is 79.9. The molecule has 0 atom stereocenters. The number of aromatic nitrogens is 4. The second kappa shape index (κ2) is 4.66. The fourth-order valence-corrected chi connectivity index (χ4v) is 2.38. The Labute approximate surface area is 117 Å². The average molecular weight is 324 g/mol. The monoisotopic (exact) mass is 322 g/mol. The van der Waals surface area contributed by atoms with Crippen LogP contribution in [-0.2, 0) is 5.88 Å². The molecule has 18 heavy (non-hydrogen) atoms. The highest BCUT2D eigenvalue weighted by Gasteiger charge is 2.12. The second-order valence-electron chi connectivity index (χ2n) is 3.70. The molecule has 3 rings (SSSR count). The van der Waals surface area contributed by atoms with Gasteiger partial charge in [-0.3, -0.25) is 9.55 Å². The maximum absolute atomic E-state index is 5.95. The first-order valence-electron chi connectivity index (χ1n) is 5.29. The Morgan fingerprint density at radius 1 is 1.33 bits per heavy atom. The summed E-state index contributed by atoms with van der Waals surface area (Å²) in [7, 11) is 0. The molecule has 0 saturated heterocycles. The van der Waals surface area contributed by atoms with Gasteiger partial charge in [-0.25, -0.2) is 9.97 Å². The third-order valence-corrected chi connectivity index (χ3v) is 3.23. The van der Waals surface area contributed by atoms with E-state index in [9.17, 15) is 0 Å². The number of hydrogen-bond donors (Lipinski definition) is 0. The van der Waals surface area contributed by atoms with E-state index in [4.69, 9.17) is 11.6 Å². The Morgan fingerprint density at radius 3 is 3.00 bits per heavy atom. The van der Waals surface area contributed by atoms with Crippen LogP contribution in [0, 0.1) is 0 Å². The summed E-state index contributed by atoms with van der Waals surface area (Å²) >= 11 is 9.36. The molecule has 0 saturated carbocycles. The van der Waals surface area contributed by atoms with E-state index < -0.39 is 0 Å². The zero-order valence-corrected chi connectivity index (χ0v) is 11.6. The van der Waals surface area contributed by atoms with Gasteiger partial charge in [0, 0.05) is 16.9 Å². The van der Waals surface area contributed by atoms with E-state index in [1.54, 1.807) is 18.6 Å². The first-order valence-corrected chi connectivity index (χ1v) is 6.61. The molecule has 0 amide bonds. The van der Waals surface area contributed by atoms with Crippen LogP contribution in [0.2, 0.25) is 0 Å². The van der Waals surface area contributed by atoms with Crippen LogP contribution in [0.5, 0.6) is 0 Å². The standard InChI is InChI=1S/C12H8BrClN4/c13-8-4-9(7-15-6-8)18-11(5-14)17-10-2-1-3-16-12(10)18/h1-4,6-7H,5H2. The van der Waals surface area contributed by atoms with Gasteiger partial charge in [0.25, 0.3) is 0 Å². The van der Waals surface area contributed by atoms with Gasteiger partial charge in [-0.1, -0.05) is 0 Å². The Bertz CT molecular complexity index is 710. The maximum Gasteiger partial charge on any atom is 0.164 e. The third kappa shape index (κ3) is 1.89. The summed E-state index contributed by atoms with van der Waals surface area (Å²) in [5.74, 6) is 1.08. The molecule has 3 aromatic rings. The molecule has 4 nitrogen and oxygen atoms in total. The van der Waals surface area contributed by atoms with Crippen molar-refractivity contribution in [3.05, 3.63) is 47.1 Å². The molecule has 0 unspecified atom stereocenters. The highest BCUT2D eigenvalue weighted by Crippen LogP contribution is 2.22. The van der Waals surface area contributed by atoms with Crippen molar-refractivity contribution in [2.24, 2.45) is 0 Å². The predicted molar refractivity (Wildman–Crippen MR) is 73.9 cm³/mol. The summed E-state index contributed by atoms with van der Waals surface area (Å²) < 4.78 is 2.82. The fourth-order valence-electron chi connectivity index (χ4n) is 1.84. The molecule has 0 aliphatic carbocycles. The van der Waals surface area contributed by atoms with Crippen molar-refractivity contribution in [1.82, 2.24) is 19.5 Å². The van der Waals surface area contributed by atoms with Gasteiger partial charge < -0.3 is 0 Å². The second-order valence-corrected chi connectivity index (χ2v) is 4.89. The molecule has 0 N–H and O–H groups in total. The minimum Gasteiger partial charge on any atom is -0.278 e. The molecule has 6 heteroatoms. The van der Waals surface area contributed by atoms with Gasteiger partial charge >= 0.3 is 0 Å². The largest absolute Gasteiger partial charge is 0.278 e. The molecule has 3 aromatic heterocycles. The first-order chi connectivity index (χ1) is 8.79. The summed E-state index contributed by atoms with van der Waals surface area (Å²) in [6.07, 6.45) is 5.23. The Hall–Kier alpha value is -1.46. The van der Waals surface area contributed by atoms with Crippen molar-refractivity contribution in [2.75, 3.05) is 0 Å². The summed E-state index contributed by atoms with van der Waals surface area (Å²) in [6.45, 7) is 0. The topological polar surface area (TPSA) is 43.6 Å². The Balaban J connectivity index is 2.33. The van der Waals surface area contributed by atoms with E-state index in [-0.39, 0.29) is 0 Å². The lowest BCUT2D eigenvalue weighted by atomic mass is 10.4. The van der Waals surface area contributed by atoms with Crippen LogP contribution in [0.1, 0.15) is 5.82 Å². The van der Waals surface area contributed by atoms with Crippen molar-refractivity contribution >= 4 is 38.7 Å². The van der Waals surface area contributed by atoms with E-state index >= 15 is 0 Å². The third-order valence-electron chi connectivity index (χ3n) is 2.55. The van der Waals surface area contributed by atoms with E-state index in [0.29, 0.717) is 5.88 Å². The smallest absolute Gasteiger partial charge is 0.164 e. The van der Waals surface area contributed by atoms with Crippen LogP contribution >= 0.6 is 27.5 Å². The molecule has 0 spiro atoms. The summed E-state index contributed by atoms with van der Waals surface area (Å²) in [5.41, 5.74) is 2.50. The predicted octanol–water partition coefficient (Wildman–Crippen LogP) is 3.32. The van der Waals surface area contributed by atoms with E-state index in [2.05, 4.69) is 30.9 Å². The maximum atomic E-state index is 5.95. The zero-order valence-electron chi connectivity index (χ0n) is 9.22. The number of hydrogen-bond acceptors (Lipinski definition) is 3. The number of alkyl halides is 1. The number of pyridine rings is 2. The van der Waals surface area contributed by atoms with Crippen LogP contribution in [0.25, 0.3) is 16.9 Å². The van der Waals surface area contributed by atoms with E-state index in [1.807, 2.05) is 22.8 Å². The SMILES string of the molecule is ClCc1nc2cccnc2n1-c1cncc(Br)c1. The van der Waals surface area contributed by atoms with Gasteiger partial charge in [0.05, 0.1) is 17.8 Å². The number of imidazole rings is 1. The summed E-state index contributed by atoms with van der Waals surface area (Å²) in [5, 5.41) is 0. The molecule has 0 aromatic carbocycles. The lowest BCUT2D eigenvalue weighted by Gasteiger charge is -2.06. The van der Waals surface area contributed by atoms with Gasteiger partial charge in [0.1, 0.15) is 11.3 Å². The molecule has 0 aliphatic rings. The molecule has 0 bridgehead atoms. The normalized spacial score (nSPS) is 11.0. The molecule has 0 radical (unpaired) electrons. The minimum absolute atomic E-state index is 0.322. The minimum atomic E-state index is 0.322. The molecule has 3 heterocycles. The van der Waals surface area contributed by atoms with Crippen LogP contribution in [0.3, 0.4) is 0 Å². The van der Waals surface area contributed by atoms with Crippen LogP contribution in [-0.4, -0.2) is 19.5 Å². The van der Waals surface area contributed by atoms with E-state index in [0.717, 1.165) is 27.1 Å². The average Bonchev–Trinajstić information content (AvgIpc) is 2.77. The lowest BCUT2D eigenvalue weighted by Crippen LogP contribution is -2.00. The van der Waals surface area contributed by atoms with Crippen molar-refractivity contribution < 1.29 is 0 Å². The van der Waals surface area contributed by atoms with Crippen LogP contribution in [0.4, 0.5) is 0 Å². The molecular formula is C12H8BrClN4. The molecule has 90 valence electrons. The first kappa shape index (κ1) is 11.6. The van der Waals surface area contributed by atoms with E-state index in [1.165, 1.54) is 0 Å². The van der Waals surface area contributed by atoms with Gasteiger partial charge in [-0.15, -0.1) is 11.6 Å². The van der Waals surface area contributed by atoms with Gasteiger partial charge in [0.2, 0.25) is 0 Å². The Kier molecular flexibility index (Phi) is 3.01.